The molecule has 0 atom stereocenters. The second kappa shape index (κ2) is 28.0. The van der Waals surface area contributed by atoms with Gasteiger partial charge in [0, 0.05) is 12.1 Å². The molecule has 7 nitrogen and oxygen atoms in total. The average molecular weight is 772 g/mol. The first kappa shape index (κ1) is 43.7. The standard InChI is InChI=1S/C49H73NO6/c1-3-7-11-15-19-23-37-54-47-32-27-33-48-49(47)56-39-34-42-28-25-29-43(50-42)40-51-41-44-45(52-35-21-17-13-9-5-1)30-26-31-46(44)53-36-22-18-14-10-6-2-4-8-12-16-20-24-38-55-48/h25-33H,1-24,34-41H2. The van der Waals surface area contributed by atoms with Crippen LogP contribution < -0.4 is 23.7 Å². The second-order valence-corrected chi connectivity index (χ2v) is 15.9. The molecular formula is C49H73NO6. The van der Waals surface area contributed by atoms with Crippen LogP contribution in [0.1, 0.15) is 171 Å². The third kappa shape index (κ3) is 17.4. The highest BCUT2D eigenvalue weighted by atomic mass is 16.5. The van der Waals surface area contributed by atoms with Crippen molar-refractivity contribution < 1.29 is 28.4 Å². The minimum atomic E-state index is 0.400. The SMILES string of the molecule is c1cc2nc(c1)COCc1c3cccc1OCCCCCCCCCCCCCCOc1cccc(c1OCC2)OCCCCCCCCCCCCCCO3. The van der Waals surface area contributed by atoms with E-state index >= 15 is 0 Å². The summed E-state index contributed by atoms with van der Waals surface area (Å²) >= 11 is 0. The highest BCUT2D eigenvalue weighted by Gasteiger charge is 2.15. The van der Waals surface area contributed by atoms with E-state index in [1.54, 1.807) is 0 Å². The Morgan fingerprint density at radius 2 is 0.679 bits per heavy atom. The molecule has 2 aliphatic rings. The first-order chi connectivity index (χ1) is 27.9. The molecule has 0 amide bonds. The summed E-state index contributed by atoms with van der Waals surface area (Å²) in [7, 11) is 0. The van der Waals surface area contributed by atoms with Crippen molar-refractivity contribution >= 4 is 0 Å². The first-order valence-corrected chi connectivity index (χ1v) is 22.8. The molecule has 3 heterocycles. The van der Waals surface area contributed by atoms with Crippen LogP contribution in [0, 0.1) is 0 Å². The van der Waals surface area contributed by atoms with Crippen molar-refractivity contribution in [3.63, 3.8) is 0 Å². The third-order valence-electron chi connectivity index (χ3n) is 11.1. The number of fused-ring (bicyclic) bond motifs is 4. The van der Waals surface area contributed by atoms with Crippen LogP contribution in [-0.4, -0.2) is 38.0 Å². The van der Waals surface area contributed by atoms with E-state index in [4.69, 9.17) is 33.4 Å². The van der Waals surface area contributed by atoms with E-state index in [9.17, 15) is 0 Å². The second-order valence-electron chi connectivity index (χ2n) is 15.9. The van der Waals surface area contributed by atoms with E-state index in [-0.39, 0.29) is 0 Å². The quantitative estimate of drug-likeness (QED) is 0.225. The lowest BCUT2D eigenvalue weighted by molar-refractivity contribution is 0.0992. The Kier molecular flexibility index (Phi) is 21.9. The summed E-state index contributed by atoms with van der Waals surface area (Å²) in [5.74, 6) is 3.98. The number of benzene rings is 2. The maximum absolute atomic E-state index is 6.49. The predicted octanol–water partition coefficient (Wildman–Crippen LogP) is 13.3. The number of aromatic nitrogens is 1. The molecule has 5 rings (SSSR count). The molecule has 7 heteroatoms. The van der Waals surface area contributed by atoms with Gasteiger partial charge in [-0.1, -0.05) is 147 Å². The van der Waals surface area contributed by atoms with E-state index in [0.717, 1.165) is 65.6 Å². The fraction of sp³-hybridized carbons (Fsp3) is 0.653. The van der Waals surface area contributed by atoms with Crippen LogP contribution in [0.15, 0.2) is 54.6 Å². The van der Waals surface area contributed by atoms with Gasteiger partial charge in [0.05, 0.1) is 57.5 Å². The summed E-state index contributed by atoms with van der Waals surface area (Å²) in [5.41, 5.74) is 2.85. The van der Waals surface area contributed by atoms with Crippen LogP contribution in [0.4, 0.5) is 0 Å². The zero-order chi connectivity index (χ0) is 38.6. The van der Waals surface area contributed by atoms with Gasteiger partial charge in [0.1, 0.15) is 11.5 Å². The number of para-hydroxylation sites is 1. The monoisotopic (exact) mass is 772 g/mol. The highest BCUT2D eigenvalue weighted by molar-refractivity contribution is 5.51. The van der Waals surface area contributed by atoms with Gasteiger partial charge < -0.3 is 28.4 Å². The maximum Gasteiger partial charge on any atom is 0.203 e. The lowest BCUT2D eigenvalue weighted by Gasteiger charge is -2.17. The van der Waals surface area contributed by atoms with Crippen molar-refractivity contribution in [1.29, 1.82) is 0 Å². The van der Waals surface area contributed by atoms with E-state index in [0.29, 0.717) is 58.4 Å². The van der Waals surface area contributed by atoms with Gasteiger partial charge in [0.25, 0.3) is 0 Å². The topological polar surface area (TPSA) is 68.3 Å². The summed E-state index contributed by atoms with van der Waals surface area (Å²) < 4.78 is 38.4. The van der Waals surface area contributed by atoms with E-state index in [1.165, 1.54) is 128 Å². The maximum atomic E-state index is 6.49. The molecule has 310 valence electrons. The average Bonchev–Trinajstić information content (AvgIpc) is 3.21. The van der Waals surface area contributed by atoms with Gasteiger partial charge in [0.2, 0.25) is 5.75 Å². The van der Waals surface area contributed by atoms with Crippen molar-refractivity contribution in [3.8, 4) is 28.7 Å². The molecule has 0 saturated heterocycles. The van der Waals surface area contributed by atoms with Crippen LogP contribution in [-0.2, 0) is 24.4 Å². The van der Waals surface area contributed by atoms with E-state index in [2.05, 4.69) is 30.3 Å². The van der Waals surface area contributed by atoms with Crippen LogP contribution in [0.3, 0.4) is 0 Å². The van der Waals surface area contributed by atoms with E-state index in [1.807, 2.05) is 24.3 Å². The normalized spacial score (nSPS) is 19.6. The molecule has 0 saturated carbocycles. The summed E-state index contributed by atoms with van der Waals surface area (Å²) in [6, 6.07) is 18.4. The number of hydrogen-bond donors (Lipinski definition) is 0. The van der Waals surface area contributed by atoms with Crippen molar-refractivity contribution in [2.45, 2.75) is 174 Å². The summed E-state index contributed by atoms with van der Waals surface area (Å²) in [4.78, 5) is 4.94. The zero-order valence-corrected chi connectivity index (χ0v) is 34.7. The van der Waals surface area contributed by atoms with E-state index < -0.39 is 0 Å². The third-order valence-corrected chi connectivity index (χ3v) is 11.1. The fourth-order valence-electron chi connectivity index (χ4n) is 7.76. The molecule has 0 unspecified atom stereocenters. The van der Waals surface area contributed by atoms with Gasteiger partial charge >= 0.3 is 0 Å². The van der Waals surface area contributed by atoms with Crippen molar-refractivity contribution in [1.82, 2.24) is 4.98 Å². The number of hydrogen-bond acceptors (Lipinski definition) is 7. The number of pyridine rings is 1. The first-order valence-electron chi connectivity index (χ1n) is 22.8. The number of rotatable bonds is 0. The van der Waals surface area contributed by atoms with Crippen molar-refractivity contribution in [3.05, 3.63) is 71.5 Å². The molecule has 56 heavy (non-hydrogen) atoms. The Hall–Kier alpha value is -3.45. The summed E-state index contributed by atoms with van der Waals surface area (Å²) in [5, 5.41) is 0. The van der Waals surface area contributed by atoms with Gasteiger partial charge in [-0.2, -0.15) is 0 Å². The molecule has 0 fully saturated rings. The summed E-state index contributed by atoms with van der Waals surface area (Å²) in [6.07, 6.45) is 30.7. The van der Waals surface area contributed by atoms with Crippen LogP contribution in [0.5, 0.6) is 28.7 Å². The molecule has 1 aromatic heterocycles. The highest BCUT2D eigenvalue weighted by Crippen LogP contribution is 2.38. The Morgan fingerprint density at radius 3 is 1.12 bits per heavy atom. The molecule has 0 aliphatic carbocycles. The van der Waals surface area contributed by atoms with Gasteiger partial charge in [-0.3, -0.25) is 4.98 Å². The molecule has 2 aromatic carbocycles. The van der Waals surface area contributed by atoms with Gasteiger partial charge in [-0.05, 0) is 62.1 Å². The minimum absolute atomic E-state index is 0.400. The Labute approximate surface area is 339 Å². The van der Waals surface area contributed by atoms with Gasteiger partial charge in [0.15, 0.2) is 11.5 Å². The van der Waals surface area contributed by atoms with Crippen molar-refractivity contribution in [2.24, 2.45) is 0 Å². The number of ether oxygens (including phenoxy) is 6. The molecule has 0 spiro atoms. The van der Waals surface area contributed by atoms with Crippen LogP contribution in [0.25, 0.3) is 0 Å². The minimum Gasteiger partial charge on any atom is -0.493 e. The van der Waals surface area contributed by atoms with Gasteiger partial charge in [-0.15, -0.1) is 0 Å². The smallest absolute Gasteiger partial charge is 0.203 e. The molecular weight excluding hydrogens is 699 g/mol. The predicted molar refractivity (Wildman–Crippen MR) is 228 cm³/mol. The molecule has 3 aromatic rings. The van der Waals surface area contributed by atoms with Crippen LogP contribution >= 0.6 is 0 Å². The Morgan fingerprint density at radius 1 is 0.321 bits per heavy atom. The van der Waals surface area contributed by atoms with Crippen molar-refractivity contribution in [2.75, 3.05) is 33.0 Å². The molecule has 0 radical (unpaired) electrons. The number of nitrogens with zero attached hydrogens (tertiary/aromatic N) is 1. The molecule has 2 aliphatic heterocycles. The van der Waals surface area contributed by atoms with Crippen LogP contribution in [0.2, 0.25) is 0 Å². The molecule has 0 N–H and O–H groups in total. The summed E-state index contributed by atoms with van der Waals surface area (Å²) in [6.45, 7) is 4.08. The largest absolute Gasteiger partial charge is 0.493 e. The lowest BCUT2D eigenvalue weighted by atomic mass is 10.1. The zero-order valence-electron chi connectivity index (χ0n) is 34.7. The molecule has 4 bridgehead atoms. The fourth-order valence-corrected chi connectivity index (χ4v) is 7.76. The Bertz CT molecular complexity index is 1290. The lowest BCUT2D eigenvalue weighted by Crippen LogP contribution is -2.09. The Balaban J connectivity index is 1.30. The van der Waals surface area contributed by atoms with Gasteiger partial charge in [-0.25, -0.2) is 0 Å².